The third kappa shape index (κ3) is 5.15. The van der Waals surface area contributed by atoms with E-state index in [1.54, 1.807) is 18.2 Å². The molecular weight excluding hydrogens is 496 g/mol. The number of H-pyrrole nitrogens is 1. The maximum atomic E-state index is 13.5. The van der Waals surface area contributed by atoms with Crippen molar-refractivity contribution in [3.8, 4) is 11.5 Å². The second kappa shape index (κ2) is 10.6. The molecule has 0 bridgehead atoms. The lowest BCUT2D eigenvalue weighted by atomic mass is 9.97. The molecular formula is C27H25ClN4O5. The highest BCUT2D eigenvalue weighted by atomic mass is 35.5. The molecule has 1 aliphatic heterocycles. The van der Waals surface area contributed by atoms with Crippen molar-refractivity contribution in [2.24, 2.45) is 5.92 Å². The Bertz CT molecular complexity index is 1450. The molecule has 1 amide bonds. The van der Waals surface area contributed by atoms with Crippen molar-refractivity contribution in [3.05, 3.63) is 77.1 Å². The molecule has 37 heavy (non-hydrogen) atoms. The van der Waals surface area contributed by atoms with Crippen LogP contribution < -0.4 is 15.8 Å². The van der Waals surface area contributed by atoms with Crippen LogP contribution in [0.15, 0.2) is 60.9 Å². The van der Waals surface area contributed by atoms with E-state index in [1.807, 2.05) is 30.3 Å². The van der Waals surface area contributed by atoms with Crippen LogP contribution >= 0.6 is 11.6 Å². The number of rotatable bonds is 7. The van der Waals surface area contributed by atoms with E-state index in [0.29, 0.717) is 41.1 Å². The van der Waals surface area contributed by atoms with E-state index in [4.69, 9.17) is 26.8 Å². The van der Waals surface area contributed by atoms with Crippen LogP contribution in [0.25, 0.3) is 11.0 Å². The summed E-state index contributed by atoms with van der Waals surface area (Å²) in [5.41, 5.74) is 7.88. The van der Waals surface area contributed by atoms with Crippen LogP contribution in [0.4, 0.5) is 11.4 Å². The number of fused-ring (bicyclic) bond motifs is 1. The van der Waals surface area contributed by atoms with Crippen molar-refractivity contribution < 1.29 is 24.2 Å². The molecule has 5 rings (SSSR count). The van der Waals surface area contributed by atoms with Gasteiger partial charge in [0.1, 0.15) is 17.1 Å². The highest BCUT2D eigenvalue weighted by Gasteiger charge is 2.28. The summed E-state index contributed by atoms with van der Waals surface area (Å²) in [6.45, 7) is 0.141. The number of aliphatic hydroxyl groups excluding tert-OH is 1. The number of nitrogen functional groups attached to an aromatic ring is 1. The first kappa shape index (κ1) is 24.8. The largest absolute Gasteiger partial charge is 0.457 e. The predicted molar refractivity (Wildman–Crippen MR) is 140 cm³/mol. The molecule has 0 unspecified atom stereocenters. The van der Waals surface area contributed by atoms with Crippen molar-refractivity contribution in [2.45, 2.75) is 18.9 Å². The van der Waals surface area contributed by atoms with Crippen LogP contribution in [-0.4, -0.2) is 46.1 Å². The van der Waals surface area contributed by atoms with Gasteiger partial charge in [-0.05, 0) is 37.1 Å². The number of nitrogens with two attached hydrogens (primary N) is 1. The zero-order valence-corrected chi connectivity index (χ0v) is 20.5. The molecule has 0 aliphatic carbocycles. The number of aromatic amines is 1. The topological polar surface area (TPSA) is 140 Å². The van der Waals surface area contributed by atoms with E-state index >= 15 is 0 Å². The minimum atomic E-state index is -0.374. The molecule has 1 saturated heterocycles. The molecule has 2 aromatic carbocycles. The Morgan fingerprint density at radius 2 is 1.97 bits per heavy atom. The first-order valence-corrected chi connectivity index (χ1v) is 12.2. The van der Waals surface area contributed by atoms with Crippen molar-refractivity contribution >= 4 is 45.7 Å². The van der Waals surface area contributed by atoms with Crippen molar-refractivity contribution in [3.63, 3.8) is 0 Å². The van der Waals surface area contributed by atoms with Gasteiger partial charge in [0, 0.05) is 17.8 Å². The molecule has 1 aliphatic rings. The van der Waals surface area contributed by atoms with Crippen molar-refractivity contribution in [1.82, 2.24) is 9.97 Å². The number of nitrogens with one attached hydrogen (secondary N) is 2. The Hall–Kier alpha value is -3.92. The number of amides is 1. The van der Waals surface area contributed by atoms with Crippen molar-refractivity contribution in [2.75, 3.05) is 24.3 Å². The minimum absolute atomic E-state index is 0.0705. The number of pyridine rings is 1. The molecule has 190 valence electrons. The molecule has 9 nitrogen and oxygen atoms in total. The number of para-hydroxylation sites is 1. The summed E-state index contributed by atoms with van der Waals surface area (Å²) in [6, 6.07) is 14.1. The van der Waals surface area contributed by atoms with Gasteiger partial charge in [-0.15, -0.1) is 0 Å². The van der Waals surface area contributed by atoms with Gasteiger partial charge in [0.25, 0.3) is 0 Å². The number of ether oxygens (including phenoxy) is 2. The van der Waals surface area contributed by atoms with E-state index in [-0.39, 0.29) is 58.8 Å². The quantitative estimate of drug-likeness (QED) is 0.262. The van der Waals surface area contributed by atoms with Gasteiger partial charge >= 0.3 is 0 Å². The summed E-state index contributed by atoms with van der Waals surface area (Å²) >= 11 is 6.46. The Kier molecular flexibility index (Phi) is 7.09. The number of anilines is 2. The Labute approximate surface area is 217 Å². The zero-order chi connectivity index (χ0) is 25.9. The van der Waals surface area contributed by atoms with Crippen LogP contribution in [-0.2, 0) is 9.53 Å². The standard InChI is InChI=1S/C27H25ClN4O5/c28-21-10-17(37-16-4-2-1-3-5-16)8-9-19(21)25(34)20-11-30-26-23(20)24(29)22(12-31-26)32-27(35)15-6-7-18(13-33)36-14-15/h1-5,8-12,15,18,33H,6-7,13-14H2,(H,32,35)(H3,29,30,31)/t15-,18+/m0/s1. The van der Waals surface area contributed by atoms with Gasteiger partial charge in [0.05, 0.1) is 58.8 Å². The van der Waals surface area contributed by atoms with Gasteiger partial charge in [-0.1, -0.05) is 29.8 Å². The molecule has 5 N–H and O–H groups in total. The lowest BCUT2D eigenvalue weighted by Crippen LogP contribution is -2.35. The Morgan fingerprint density at radius 3 is 2.68 bits per heavy atom. The Balaban J connectivity index is 1.38. The number of benzene rings is 2. The number of halogens is 1. The summed E-state index contributed by atoms with van der Waals surface area (Å²) in [5.74, 6) is 0.158. The fraction of sp³-hybridized carbons (Fsp3) is 0.222. The number of hydrogen-bond acceptors (Lipinski definition) is 7. The highest BCUT2D eigenvalue weighted by molar-refractivity contribution is 6.36. The summed E-state index contributed by atoms with van der Waals surface area (Å²) < 4.78 is 11.3. The van der Waals surface area contributed by atoms with E-state index in [0.717, 1.165) is 0 Å². The maximum absolute atomic E-state index is 13.5. The SMILES string of the molecule is Nc1c(NC(=O)[C@H]2CC[C@H](CO)OC2)cnc2[nH]cc(C(=O)c3ccc(Oc4ccccc4)cc3Cl)c12. The monoisotopic (exact) mass is 520 g/mol. The summed E-state index contributed by atoms with van der Waals surface area (Å²) in [7, 11) is 0. The van der Waals surface area contributed by atoms with Crippen LogP contribution in [0.5, 0.6) is 11.5 Å². The number of carbonyl (C=O) groups is 2. The first-order valence-electron chi connectivity index (χ1n) is 11.8. The van der Waals surface area contributed by atoms with Crippen LogP contribution in [0.2, 0.25) is 5.02 Å². The summed E-state index contributed by atoms with van der Waals surface area (Å²) in [4.78, 5) is 33.5. The zero-order valence-electron chi connectivity index (χ0n) is 19.7. The van der Waals surface area contributed by atoms with Gasteiger partial charge in [-0.3, -0.25) is 9.59 Å². The molecule has 0 saturated carbocycles. The van der Waals surface area contributed by atoms with Gasteiger partial charge in [-0.25, -0.2) is 4.98 Å². The Morgan fingerprint density at radius 1 is 1.16 bits per heavy atom. The predicted octanol–water partition coefficient (Wildman–Crippen LogP) is 4.55. The normalized spacial score (nSPS) is 17.5. The van der Waals surface area contributed by atoms with Crippen LogP contribution in [0, 0.1) is 5.92 Å². The first-order chi connectivity index (χ1) is 17.9. The number of carbonyl (C=O) groups excluding carboxylic acids is 2. The molecule has 3 heterocycles. The van der Waals surface area contributed by atoms with Gasteiger partial charge < -0.3 is 30.6 Å². The number of ketones is 1. The smallest absolute Gasteiger partial charge is 0.229 e. The second-order valence-electron chi connectivity index (χ2n) is 8.80. The van der Waals surface area contributed by atoms with Crippen molar-refractivity contribution in [1.29, 1.82) is 0 Å². The van der Waals surface area contributed by atoms with Crippen LogP contribution in [0.1, 0.15) is 28.8 Å². The third-order valence-electron chi connectivity index (χ3n) is 6.35. The molecule has 10 heteroatoms. The average molecular weight is 521 g/mol. The molecule has 4 aromatic rings. The number of aromatic nitrogens is 2. The lowest BCUT2D eigenvalue weighted by Gasteiger charge is -2.27. The lowest BCUT2D eigenvalue weighted by molar-refractivity contribution is -0.127. The van der Waals surface area contributed by atoms with E-state index in [2.05, 4.69) is 15.3 Å². The highest BCUT2D eigenvalue weighted by Crippen LogP contribution is 2.34. The van der Waals surface area contributed by atoms with Gasteiger partial charge in [-0.2, -0.15) is 0 Å². The molecule has 0 radical (unpaired) electrons. The van der Waals surface area contributed by atoms with Gasteiger partial charge in [0.15, 0.2) is 5.78 Å². The second-order valence-corrected chi connectivity index (χ2v) is 9.21. The molecule has 1 fully saturated rings. The average Bonchev–Trinajstić information content (AvgIpc) is 3.36. The van der Waals surface area contributed by atoms with Crippen LogP contribution in [0.3, 0.4) is 0 Å². The number of aliphatic hydroxyl groups is 1. The fourth-order valence-corrected chi connectivity index (χ4v) is 4.56. The maximum Gasteiger partial charge on any atom is 0.229 e. The molecule has 2 atom stereocenters. The third-order valence-corrected chi connectivity index (χ3v) is 6.67. The van der Waals surface area contributed by atoms with E-state index < -0.39 is 0 Å². The minimum Gasteiger partial charge on any atom is -0.457 e. The van der Waals surface area contributed by atoms with E-state index in [9.17, 15) is 14.7 Å². The fourth-order valence-electron chi connectivity index (χ4n) is 4.30. The summed E-state index contributed by atoms with van der Waals surface area (Å²) in [6.07, 6.45) is 3.91. The van der Waals surface area contributed by atoms with Gasteiger partial charge in [0.2, 0.25) is 5.91 Å². The number of nitrogens with zero attached hydrogens (tertiary/aromatic N) is 1. The number of hydrogen-bond donors (Lipinski definition) is 4. The molecule has 0 spiro atoms. The summed E-state index contributed by atoms with van der Waals surface area (Å²) in [5, 5.41) is 12.6. The van der Waals surface area contributed by atoms with E-state index in [1.165, 1.54) is 12.4 Å². The molecule has 2 aromatic heterocycles.